The number of ether oxygens (including phenoxy) is 1. The molecule has 7 nitrogen and oxygen atoms in total. The third-order valence-electron chi connectivity index (χ3n) is 3.69. The van der Waals surface area contributed by atoms with E-state index < -0.39 is 17.7 Å². The van der Waals surface area contributed by atoms with E-state index in [9.17, 15) is 14.0 Å². The van der Waals surface area contributed by atoms with Crippen LogP contribution in [0.3, 0.4) is 0 Å². The maximum absolute atomic E-state index is 13.7. The molecule has 0 aliphatic heterocycles. The largest absolute Gasteiger partial charge is 0.462 e. The van der Waals surface area contributed by atoms with E-state index in [4.69, 9.17) is 4.74 Å². The summed E-state index contributed by atoms with van der Waals surface area (Å²) >= 11 is 0. The van der Waals surface area contributed by atoms with E-state index in [1.807, 2.05) is 0 Å². The molecule has 0 saturated heterocycles. The number of aromatic nitrogens is 2. The van der Waals surface area contributed by atoms with Crippen molar-refractivity contribution in [2.75, 3.05) is 17.2 Å². The third kappa shape index (κ3) is 4.67. The number of nitrogens with one attached hydrogen (secondary N) is 2. The molecule has 0 unspecified atom stereocenters. The average Bonchev–Trinajstić information content (AvgIpc) is 2.71. The summed E-state index contributed by atoms with van der Waals surface area (Å²) in [7, 11) is 0. The van der Waals surface area contributed by atoms with Gasteiger partial charge >= 0.3 is 5.97 Å². The minimum atomic E-state index is -0.470. The first-order valence-corrected chi connectivity index (χ1v) is 8.49. The smallest absolute Gasteiger partial charge is 0.338 e. The Morgan fingerprint density at radius 2 is 1.82 bits per heavy atom. The SMILES string of the molecule is CCOC(=O)c1ccc(NC(=O)c2cc(Nc3ccccc3F)ncn2)cc1. The second-order valence-electron chi connectivity index (χ2n) is 5.65. The van der Waals surface area contributed by atoms with E-state index in [-0.39, 0.29) is 23.8 Å². The summed E-state index contributed by atoms with van der Waals surface area (Å²) < 4.78 is 18.7. The number of halogens is 1. The number of para-hydroxylation sites is 1. The summed E-state index contributed by atoms with van der Waals surface area (Å²) in [5.41, 5.74) is 1.21. The molecule has 0 bridgehead atoms. The van der Waals surface area contributed by atoms with Gasteiger partial charge in [-0.3, -0.25) is 4.79 Å². The molecule has 3 aromatic rings. The van der Waals surface area contributed by atoms with Gasteiger partial charge in [0.25, 0.3) is 5.91 Å². The Labute approximate surface area is 160 Å². The lowest BCUT2D eigenvalue weighted by Gasteiger charge is -2.09. The maximum Gasteiger partial charge on any atom is 0.338 e. The van der Waals surface area contributed by atoms with E-state index in [1.165, 1.54) is 18.5 Å². The number of carbonyl (C=O) groups excluding carboxylic acids is 2. The molecule has 1 amide bonds. The second-order valence-corrected chi connectivity index (χ2v) is 5.65. The monoisotopic (exact) mass is 380 g/mol. The van der Waals surface area contributed by atoms with Crippen LogP contribution in [-0.2, 0) is 4.74 Å². The van der Waals surface area contributed by atoms with E-state index in [0.29, 0.717) is 11.3 Å². The summed E-state index contributed by atoms with van der Waals surface area (Å²) in [4.78, 5) is 32.0. The highest BCUT2D eigenvalue weighted by Crippen LogP contribution is 2.18. The summed E-state index contributed by atoms with van der Waals surface area (Å²) in [6.45, 7) is 2.01. The first-order valence-electron chi connectivity index (χ1n) is 8.49. The van der Waals surface area contributed by atoms with Crippen molar-refractivity contribution in [3.63, 3.8) is 0 Å². The predicted octanol–water partition coefficient (Wildman–Crippen LogP) is 3.79. The van der Waals surface area contributed by atoms with Gasteiger partial charge in [-0.05, 0) is 43.3 Å². The van der Waals surface area contributed by atoms with Gasteiger partial charge in [-0.2, -0.15) is 0 Å². The molecule has 1 heterocycles. The highest BCUT2D eigenvalue weighted by atomic mass is 19.1. The number of hydrogen-bond acceptors (Lipinski definition) is 6. The van der Waals surface area contributed by atoms with Crippen molar-refractivity contribution >= 4 is 29.1 Å². The molecule has 0 radical (unpaired) electrons. The molecule has 3 rings (SSSR count). The Kier molecular flexibility index (Phi) is 5.91. The Morgan fingerprint density at radius 3 is 2.54 bits per heavy atom. The van der Waals surface area contributed by atoms with Gasteiger partial charge < -0.3 is 15.4 Å². The van der Waals surface area contributed by atoms with Crippen LogP contribution in [0.4, 0.5) is 21.6 Å². The Morgan fingerprint density at radius 1 is 1.07 bits per heavy atom. The molecule has 0 fully saturated rings. The van der Waals surface area contributed by atoms with Gasteiger partial charge in [-0.1, -0.05) is 12.1 Å². The summed E-state index contributed by atoms with van der Waals surface area (Å²) in [5.74, 6) is -1.06. The van der Waals surface area contributed by atoms with Gasteiger partial charge in [0.15, 0.2) is 0 Å². The lowest BCUT2D eigenvalue weighted by atomic mass is 10.2. The molecule has 0 saturated carbocycles. The van der Waals surface area contributed by atoms with Crippen molar-refractivity contribution < 1.29 is 18.7 Å². The van der Waals surface area contributed by atoms with Crippen molar-refractivity contribution in [1.82, 2.24) is 9.97 Å². The van der Waals surface area contributed by atoms with E-state index >= 15 is 0 Å². The number of benzene rings is 2. The average molecular weight is 380 g/mol. The summed E-state index contributed by atoms with van der Waals surface area (Å²) in [6, 6.07) is 13.8. The third-order valence-corrected chi connectivity index (χ3v) is 3.69. The zero-order valence-corrected chi connectivity index (χ0v) is 15.0. The standard InChI is InChI=1S/C20H17FN4O3/c1-2-28-20(27)13-7-9-14(10-8-13)24-19(26)17-11-18(23-12-22-17)25-16-6-4-3-5-15(16)21/h3-12H,2H2,1H3,(H,24,26)(H,22,23,25). The van der Waals surface area contributed by atoms with Crippen LogP contribution < -0.4 is 10.6 Å². The van der Waals surface area contributed by atoms with E-state index in [2.05, 4.69) is 20.6 Å². The van der Waals surface area contributed by atoms with E-state index in [1.54, 1.807) is 49.4 Å². The molecular weight excluding hydrogens is 363 g/mol. The lowest BCUT2D eigenvalue weighted by molar-refractivity contribution is 0.0526. The zero-order chi connectivity index (χ0) is 19.9. The second kappa shape index (κ2) is 8.72. The molecule has 0 aliphatic carbocycles. The molecule has 28 heavy (non-hydrogen) atoms. The number of anilines is 3. The molecule has 8 heteroatoms. The molecule has 1 aromatic heterocycles. The number of amides is 1. The maximum atomic E-state index is 13.7. The van der Waals surface area contributed by atoms with Crippen LogP contribution in [0.15, 0.2) is 60.9 Å². The van der Waals surface area contributed by atoms with E-state index in [0.717, 1.165) is 0 Å². The van der Waals surface area contributed by atoms with Crippen LogP contribution in [0.5, 0.6) is 0 Å². The van der Waals surface area contributed by atoms with Crippen molar-refractivity contribution in [3.05, 3.63) is 78.0 Å². The summed E-state index contributed by atoms with van der Waals surface area (Å²) in [5, 5.41) is 5.48. The zero-order valence-electron chi connectivity index (χ0n) is 15.0. The van der Waals surface area contributed by atoms with Crippen LogP contribution in [0.25, 0.3) is 0 Å². The minimum absolute atomic E-state index is 0.100. The normalized spacial score (nSPS) is 10.2. The number of carbonyl (C=O) groups is 2. The molecule has 0 atom stereocenters. The topological polar surface area (TPSA) is 93.2 Å². The number of hydrogen-bond donors (Lipinski definition) is 2. The molecule has 2 N–H and O–H groups in total. The van der Waals surface area contributed by atoms with Gasteiger partial charge in [-0.15, -0.1) is 0 Å². The molecule has 0 aliphatic rings. The molecule has 142 valence electrons. The van der Waals surface area contributed by atoms with Crippen LogP contribution in [0.1, 0.15) is 27.8 Å². The lowest BCUT2D eigenvalue weighted by Crippen LogP contribution is -2.14. The first kappa shape index (κ1) is 19.0. The minimum Gasteiger partial charge on any atom is -0.462 e. The highest BCUT2D eigenvalue weighted by molar-refractivity contribution is 6.03. The Bertz CT molecular complexity index is 993. The van der Waals surface area contributed by atoms with Gasteiger partial charge in [-0.25, -0.2) is 19.2 Å². The number of rotatable bonds is 6. The van der Waals surface area contributed by atoms with Crippen LogP contribution in [-0.4, -0.2) is 28.5 Å². The fourth-order valence-corrected chi connectivity index (χ4v) is 2.35. The van der Waals surface area contributed by atoms with Gasteiger partial charge in [0, 0.05) is 11.8 Å². The molecular formula is C20H17FN4O3. The highest BCUT2D eigenvalue weighted by Gasteiger charge is 2.11. The Balaban J connectivity index is 1.69. The first-order chi connectivity index (χ1) is 13.6. The molecule has 0 spiro atoms. The van der Waals surface area contributed by atoms with Crippen LogP contribution in [0, 0.1) is 5.82 Å². The van der Waals surface area contributed by atoms with Gasteiger partial charge in [0.05, 0.1) is 17.9 Å². The number of nitrogens with zero attached hydrogens (tertiary/aromatic N) is 2. The predicted molar refractivity (Wildman–Crippen MR) is 102 cm³/mol. The van der Waals surface area contributed by atoms with Crippen molar-refractivity contribution in [2.24, 2.45) is 0 Å². The quantitative estimate of drug-likeness (QED) is 0.632. The van der Waals surface area contributed by atoms with Crippen molar-refractivity contribution in [1.29, 1.82) is 0 Å². The summed E-state index contributed by atoms with van der Waals surface area (Å²) in [6.07, 6.45) is 1.21. The van der Waals surface area contributed by atoms with Crippen LogP contribution in [0.2, 0.25) is 0 Å². The van der Waals surface area contributed by atoms with Crippen molar-refractivity contribution in [2.45, 2.75) is 6.92 Å². The van der Waals surface area contributed by atoms with Gasteiger partial charge in [0.2, 0.25) is 0 Å². The molecule has 2 aromatic carbocycles. The fraction of sp³-hybridized carbons (Fsp3) is 0.100. The Hall–Kier alpha value is -3.81. The van der Waals surface area contributed by atoms with Crippen molar-refractivity contribution in [3.8, 4) is 0 Å². The van der Waals surface area contributed by atoms with Gasteiger partial charge in [0.1, 0.15) is 23.7 Å². The number of esters is 1. The fourth-order valence-electron chi connectivity index (χ4n) is 2.35. The van der Waals surface area contributed by atoms with Crippen LogP contribution >= 0.6 is 0 Å².